The Morgan fingerprint density at radius 1 is 1.10 bits per heavy atom. The van der Waals surface area contributed by atoms with E-state index in [0.717, 1.165) is 0 Å². The van der Waals surface area contributed by atoms with Gasteiger partial charge in [0.05, 0.1) is 6.04 Å². The van der Waals surface area contributed by atoms with Gasteiger partial charge >= 0.3 is 6.01 Å². The number of nitrogens with one attached hydrogen (secondary N) is 2. The monoisotopic (exact) mass is 274 g/mol. The molecule has 1 atom stereocenters. The summed E-state index contributed by atoms with van der Waals surface area (Å²) in [5.74, 6) is 1.14. The zero-order chi connectivity index (χ0) is 14.5. The molecule has 2 rings (SSSR count). The Kier molecular flexibility index (Phi) is 4.74. The number of aromatic nitrogens is 2. The first-order valence-electron chi connectivity index (χ1n) is 6.93. The van der Waals surface area contributed by atoms with E-state index < -0.39 is 0 Å². The summed E-state index contributed by atoms with van der Waals surface area (Å²) in [4.78, 5) is 0. The Hall–Kier alpha value is -1.88. The topological polar surface area (TPSA) is 63.0 Å². The molecule has 0 aliphatic rings. The first kappa shape index (κ1) is 14.5. The fourth-order valence-electron chi connectivity index (χ4n) is 1.80. The number of hydrogen-bond donors (Lipinski definition) is 2. The molecule has 2 aromatic rings. The van der Waals surface area contributed by atoms with Crippen LogP contribution in [-0.2, 0) is 6.54 Å². The summed E-state index contributed by atoms with van der Waals surface area (Å²) in [6.45, 7) is 7.03. The highest BCUT2D eigenvalue weighted by Crippen LogP contribution is 2.16. The zero-order valence-corrected chi connectivity index (χ0v) is 12.5. The highest BCUT2D eigenvalue weighted by molar-refractivity contribution is 5.28. The molecule has 0 bridgehead atoms. The van der Waals surface area contributed by atoms with Gasteiger partial charge in [-0.3, -0.25) is 0 Å². The van der Waals surface area contributed by atoms with Gasteiger partial charge in [0, 0.05) is 6.54 Å². The maximum Gasteiger partial charge on any atom is 0.315 e. The second-order valence-corrected chi connectivity index (χ2v) is 5.21. The third-order valence-electron chi connectivity index (χ3n) is 3.33. The van der Waals surface area contributed by atoms with Crippen LogP contribution >= 0.6 is 0 Å². The molecule has 108 valence electrons. The molecule has 1 unspecified atom stereocenters. The number of hydrogen-bond acceptors (Lipinski definition) is 5. The maximum absolute atomic E-state index is 5.52. The minimum absolute atomic E-state index is 0.0587. The van der Waals surface area contributed by atoms with Crippen LogP contribution in [-0.4, -0.2) is 17.2 Å². The van der Waals surface area contributed by atoms with Crippen molar-refractivity contribution in [2.24, 2.45) is 0 Å². The normalized spacial score (nSPS) is 12.7. The van der Waals surface area contributed by atoms with E-state index in [2.05, 4.69) is 58.9 Å². The largest absolute Gasteiger partial charge is 0.406 e. The molecule has 5 heteroatoms. The molecule has 0 radical (unpaired) electrons. The zero-order valence-electron chi connectivity index (χ0n) is 12.5. The Morgan fingerprint density at radius 2 is 1.80 bits per heavy atom. The summed E-state index contributed by atoms with van der Waals surface area (Å²) in [6.07, 6.45) is 0. The molecular weight excluding hydrogens is 252 g/mol. The van der Waals surface area contributed by atoms with Gasteiger partial charge in [0.1, 0.15) is 0 Å². The van der Waals surface area contributed by atoms with Crippen LogP contribution in [0.25, 0.3) is 0 Å². The first-order chi connectivity index (χ1) is 9.60. The van der Waals surface area contributed by atoms with Gasteiger partial charge < -0.3 is 15.1 Å². The number of benzene rings is 1. The average Bonchev–Trinajstić information content (AvgIpc) is 2.93. The van der Waals surface area contributed by atoms with Crippen LogP contribution < -0.4 is 10.6 Å². The van der Waals surface area contributed by atoms with Crippen molar-refractivity contribution in [3.8, 4) is 0 Å². The highest BCUT2D eigenvalue weighted by Gasteiger charge is 2.11. The summed E-state index contributed by atoms with van der Waals surface area (Å²) >= 11 is 0. The smallest absolute Gasteiger partial charge is 0.315 e. The van der Waals surface area contributed by atoms with Gasteiger partial charge in [-0.1, -0.05) is 43.2 Å². The minimum Gasteiger partial charge on any atom is -0.406 e. The number of nitrogens with zero attached hydrogens (tertiary/aromatic N) is 2. The molecule has 0 aliphatic heterocycles. The molecule has 20 heavy (non-hydrogen) atoms. The first-order valence-corrected chi connectivity index (χ1v) is 6.93. The summed E-state index contributed by atoms with van der Waals surface area (Å²) in [5, 5.41) is 14.2. The molecule has 0 aliphatic carbocycles. The molecule has 0 spiro atoms. The third-order valence-corrected chi connectivity index (χ3v) is 3.33. The van der Waals surface area contributed by atoms with Crippen LogP contribution in [0.4, 0.5) is 6.01 Å². The molecule has 0 fully saturated rings. The SMILES string of the molecule is CNC(C)c1nnc(NCc2ccc(C(C)C)cc2)o1. The molecule has 0 saturated heterocycles. The molecular formula is C15H22N4O. The highest BCUT2D eigenvalue weighted by atomic mass is 16.4. The lowest BCUT2D eigenvalue weighted by atomic mass is 10.0. The summed E-state index contributed by atoms with van der Waals surface area (Å²) in [6, 6.07) is 9.07. The Balaban J connectivity index is 1.93. The lowest BCUT2D eigenvalue weighted by Gasteiger charge is -2.07. The number of rotatable bonds is 6. The van der Waals surface area contributed by atoms with E-state index in [1.807, 2.05) is 14.0 Å². The van der Waals surface area contributed by atoms with Crippen LogP contribution in [0.3, 0.4) is 0 Å². The fraction of sp³-hybridized carbons (Fsp3) is 0.467. The average molecular weight is 274 g/mol. The van der Waals surface area contributed by atoms with Gasteiger partial charge in [0.15, 0.2) is 0 Å². The van der Waals surface area contributed by atoms with Crippen molar-refractivity contribution in [2.45, 2.75) is 39.3 Å². The second-order valence-electron chi connectivity index (χ2n) is 5.21. The second kappa shape index (κ2) is 6.52. The third kappa shape index (κ3) is 3.57. The maximum atomic E-state index is 5.52. The molecule has 1 heterocycles. The molecule has 0 saturated carbocycles. The van der Waals surface area contributed by atoms with Crippen LogP contribution in [0.15, 0.2) is 28.7 Å². The fourth-order valence-corrected chi connectivity index (χ4v) is 1.80. The van der Waals surface area contributed by atoms with Crippen LogP contribution in [0.5, 0.6) is 0 Å². The van der Waals surface area contributed by atoms with E-state index in [-0.39, 0.29) is 6.04 Å². The van der Waals surface area contributed by atoms with Crippen molar-refractivity contribution in [1.82, 2.24) is 15.5 Å². The van der Waals surface area contributed by atoms with Crippen molar-refractivity contribution in [3.63, 3.8) is 0 Å². The van der Waals surface area contributed by atoms with Crippen LogP contribution in [0.2, 0.25) is 0 Å². The molecule has 1 aromatic heterocycles. The summed E-state index contributed by atoms with van der Waals surface area (Å²) in [7, 11) is 1.86. The Morgan fingerprint density at radius 3 is 2.40 bits per heavy atom. The van der Waals surface area contributed by atoms with Crippen molar-refractivity contribution < 1.29 is 4.42 Å². The Bertz CT molecular complexity index is 533. The van der Waals surface area contributed by atoms with E-state index in [9.17, 15) is 0 Å². The van der Waals surface area contributed by atoms with E-state index in [1.165, 1.54) is 11.1 Å². The van der Waals surface area contributed by atoms with Crippen molar-refractivity contribution in [3.05, 3.63) is 41.3 Å². The number of anilines is 1. The van der Waals surface area contributed by atoms with Crippen molar-refractivity contribution >= 4 is 6.01 Å². The minimum atomic E-state index is 0.0587. The van der Waals surface area contributed by atoms with Gasteiger partial charge in [-0.25, -0.2) is 0 Å². The van der Waals surface area contributed by atoms with Gasteiger partial charge in [-0.2, -0.15) is 0 Å². The van der Waals surface area contributed by atoms with E-state index in [0.29, 0.717) is 24.4 Å². The molecule has 5 nitrogen and oxygen atoms in total. The lowest BCUT2D eigenvalue weighted by molar-refractivity contribution is 0.441. The van der Waals surface area contributed by atoms with Crippen molar-refractivity contribution in [1.29, 1.82) is 0 Å². The van der Waals surface area contributed by atoms with E-state index in [4.69, 9.17) is 4.42 Å². The van der Waals surface area contributed by atoms with E-state index >= 15 is 0 Å². The Labute approximate surface area is 119 Å². The summed E-state index contributed by atoms with van der Waals surface area (Å²) < 4.78 is 5.52. The van der Waals surface area contributed by atoms with Crippen molar-refractivity contribution in [2.75, 3.05) is 12.4 Å². The summed E-state index contributed by atoms with van der Waals surface area (Å²) in [5.41, 5.74) is 2.53. The van der Waals surface area contributed by atoms with Gasteiger partial charge in [-0.15, -0.1) is 5.10 Å². The molecule has 0 amide bonds. The van der Waals surface area contributed by atoms with Gasteiger partial charge in [0.25, 0.3) is 0 Å². The molecule has 2 N–H and O–H groups in total. The van der Waals surface area contributed by atoms with Crippen LogP contribution in [0.1, 0.15) is 49.7 Å². The predicted molar refractivity (Wildman–Crippen MR) is 79.6 cm³/mol. The molecule has 1 aromatic carbocycles. The lowest BCUT2D eigenvalue weighted by Crippen LogP contribution is -2.12. The van der Waals surface area contributed by atoms with Crippen LogP contribution in [0, 0.1) is 0 Å². The van der Waals surface area contributed by atoms with Gasteiger partial charge in [-0.05, 0) is 31.0 Å². The standard InChI is InChI=1S/C15H22N4O/c1-10(2)13-7-5-12(6-8-13)9-17-15-19-18-14(20-15)11(3)16-4/h5-8,10-11,16H,9H2,1-4H3,(H,17,19). The predicted octanol–water partition coefficient (Wildman–Crippen LogP) is 3.09. The van der Waals surface area contributed by atoms with E-state index in [1.54, 1.807) is 0 Å². The quantitative estimate of drug-likeness (QED) is 0.847. The van der Waals surface area contributed by atoms with Gasteiger partial charge in [0.2, 0.25) is 5.89 Å².